The van der Waals surface area contributed by atoms with Gasteiger partial charge in [0.2, 0.25) is 0 Å². The summed E-state index contributed by atoms with van der Waals surface area (Å²) in [5.41, 5.74) is 0.264. The summed E-state index contributed by atoms with van der Waals surface area (Å²) in [6.07, 6.45) is 9.15. The van der Waals surface area contributed by atoms with E-state index >= 15 is 0 Å². The van der Waals surface area contributed by atoms with Crippen molar-refractivity contribution in [2.75, 3.05) is 18.9 Å². The number of carbonyl (C=O) groups excluding carboxylic acids is 1. The first-order valence-electron chi connectivity index (χ1n) is 8.57. The fourth-order valence-electron chi connectivity index (χ4n) is 5.11. The van der Waals surface area contributed by atoms with Crippen LogP contribution >= 0.6 is 11.8 Å². The van der Waals surface area contributed by atoms with Gasteiger partial charge in [0, 0.05) is 35.8 Å². The van der Waals surface area contributed by atoms with Crippen LogP contribution in [0.25, 0.3) is 0 Å². The number of hydrogen-bond donors (Lipinski definition) is 2. The van der Waals surface area contributed by atoms with Crippen molar-refractivity contribution in [3.8, 4) is 0 Å². The number of hydrogen-bond acceptors (Lipinski definition) is 3. The summed E-state index contributed by atoms with van der Waals surface area (Å²) in [6.45, 7) is 1.70. The number of nitrogens with one attached hydrogen (secondary N) is 2. The lowest BCUT2D eigenvalue weighted by Crippen LogP contribution is -2.69. The Morgan fingerprint density at radius 1 is 1.24 bits per heavy atom. The number of urea groups is 1. The molecule has 4 rings (SSSR count). The lowest BCUT2D eigenvalue weighted by molar-refractivity contribution is -0.126. The van der Waals surface area contributed by atoms with Gasteiger partial charge in [-0.25, -0.2) is 4.79 Å². The number of ether oxygens (including phenoxy) is 1. The highest BCUT2D eigenvalue weighted by molar-refractivity contribution is 8.00. The lowest BCUT2D eigenvalue weighted by atomic mass is 9.54. The van der Waals surface area contributed by atoms with Crippen molar-refractivity contribution in [3.05, 3.63) is 0 Å². The van der Waals surface area contributed by atoms with Crippen LogP contribution in [-0.4, -0.2) is 42.3 Å². The Morgan fingerprint density at radius 2 is 2.10 bits per heavy atom. The Morgan fingerprint density at radius 3 is 2.86 bits per heavy atom. The number of thioether (sulfide) groups is 1. The summed E-state index contributed by atoms with van der Waals surface area (Å²) in [5, 5.41) is 7.03. The molecular weight excluding hydrogens is 284 g/mol. The molecule has 5 heteroatoms. The summed E-state index contributed by atoms with van der Waals surface area (Å²) in [6, 6.07) is 0.396. The second kappa shape index (κ2) is 5.65. The summed E-state index contributed by atoms with van der Waals surface area (Å²) in [7, 11) is 0. The van der Waals surface area contributed by atoms with Gasteiger partial charge in [-0.15, -0.1) is 0 Å². The molecule has 0 radical (unpaired) electrons. The molecule has 0 bridgehead atoms. The predicted octanol–water partition coefficient (Wildman–Crippen LogP) is 2.53. The van der Waals surface area contributed by atoms with Crippen LogP contribution in [-0.2, 0) is 4.74 Å². The van der Waals surface area contributed by atoms with Crippen LogP contribution in [0.3, 0.4) is 0 Å². The van der Waals surface area contributed by atoms with E-state index in [4.69, 9.17) is 4.74 Å². The van der Waals surface area contributed by atoms with E-state index in [2.05, 4.69) is 10.6 Å². The van der Waals surface area contributed by atoms with Crippen LogP contribution in [0.15, 0.2) is 0 Å². The fraction of sp³-hybridized carbons (Fsp3) is 0.938. The minimum atomic E-state index is 0.0455. The molecule has 2 saturated heterocycles. The second-order valence-corrected chi connectivity index (χ2v) is 8.56. The molecule has 21 heavy (non-hydrogen) atoms. The molecule has 4 aliphatic rings. The van der Waals surface area contributed by atoms with Gasteiger partial charge in [0.25, 0.3) is 0 Å². The van der Waals surface area contributed by atoms with Crippen molar-refractivity contribution in [1.29, 1.82) is 0 Å². The third-order valence-electron chi connectivity index (χ3n) is 6.09. The maximum Gasteiger partial charge on any atom is 0.315 e. The van der Waals surface area contributed by atoms with Gasteiger partial charge in [-0.05, 0) is 37.9 Å². The molecule has 1 spiro atoms. The molecule has 2 amide bonds. The molecule has 4 unspecified atom stereocenters. The normalized spacial score (nSPS) is 40.0. The monoisotopic (exact) mass is 310 g/mol. The van der Waals surface area contributed by atoms with E-state index in [1.807, 2.05) is 11.8 Å². The van der Waals surface area contributed by atoms with Crippen molar-refractivity contribution in [1.82, 2.24) is 10.6 Å². The topological polar surface area (TPSA) is 50.4 Å². The first kappa shape index (κ1) is 14.2. The van der Waals surface area contributed by atoms with E-state index in [0.29, 0.717) is 23.3 Å². The van der Waals surface area contributed by atoms with Gasteiger partial charge in [0.1, 0.15) is 0 Å². The Balaban J connectivity index is 1.33. The second-order valence-electron chi connectivity index (χ2n) is 7.15. The summed E-state index contributed by atoms with van der Waals surface area (Å²) < 4.78 is 5.97. The van der Waals surface area contributed by atoms with Gasteiger partial charge in [-0.3, -0.25) is 0 Å². The van der Waals surface area contributed by atoms with Crippen molar-refractivity contribution < 1.29 is 9.53 Å². The van der Waals surface area contributed by atoms with Gasteiger partial charge in [0.05, 0.1) is 6.10 Å². The highest BCUT2D eigenvalue weighted by atomic mass is 32.2. The zero-order valence-electron chi connectivity index (χ0n) is 12.6. The highest BCUT2D eigenvalue weighted by Crippen LogP contribution is 2.60. The van der Waals surface area contributed by atoms with Crippen molar-refractivity contribution >= 4 is 17.8 Å². The molecule has 4 fully saturated rings. The van der Waals surface area contributed by atoms with Gasteiger partial charge >= 0.3 is 6.03 Å². The van der Waals surface area contributed by atoms with E-state index in [-0.39, 0.29) is 11.4 Å². The van der Waals surface area contributed by atoms with Crippen LogP contribution in [0.2, 0.25) is 0 Å². The third kappa shape index (κ3) is 2.37. The van der Waals surface area contributed by atoms with Crippen LogP contribution in [0.1, 0.15) is 44.9 Å². The summed E-state index contributed by atoms with van der Waals surface area (Å²) in [4.78, 5) is 12.3. The molecule has 4 nitrogen and oxygen atoms in total. The van der Waals surface area contributed by atoms with E-state index in [1.165, 1.54) is 44.3 Å². The van der Waals surface area contributed by atoms with Gasteiger partial charge in [-0.2, -0.15) is 11.8 Å². The Kier molecular flexibility index (Phi) is 3.82. The van der Waals surface area contributed by atoms with E-state index in [0.717, 1.165) is 19.6 Å². The van der Waals surface area contributed by atoms with E-state index < -0.39 is 0 Å². The number of fused-ring (bicyclic) bond motifs is 2. The first-order chi connectivity index (χ1) is 10.3. The van der Waals surface area contributed by atoms with Crippen molar-refractivity contribution in [2.45, 2.75) is 62.3 Å². The van der Waals surface area contributed by atoms with Crippen LogP contribution in [0.4, 0.5) is 4.79 Å². The molecule has 2 aliphatic heterocycles. The van der Waals surface area contributed by atoms with Gasteiger partial charge < -0.3 is 15.4 Å². The zero-order valence-corrected chi connectivity index (χ0v) is 13.4. The van der Waals surface area contributed by atoms with Gasteiger partial charge in [0.15, 0.2) is 0 Å². The highest BCUT2D eigenvalue weighted by Gasteiger charge is 2.65. The minimum Gasteiger partial charge on any atom is -0.377 e. The maximum absolute atomic E-state index is 12.3. The zero-order chi connectivity index (χ0) is 14.3. The third-order valence-corrected chi connectivity index (χ3v) is 7.49. The molecule has 2 heterocycles. The molecule has 118 valence electrons. The van der Waals surface area contributed by atoms with Crippen molar-refractivity contribution in [3.63, 3.8) is 0 Å². The number of rotatable bonds is 3. The molecule has 0 aromatic heterocycles. The Hall–Kier alpha value is -0.420. The van der Waals surface area contributed by atoms with Crippen LogP contribution in [0.5, 0.6) is 0 Å². The summed E-state index contributed by atoms with van der Waals surface area (Å²) >= 11 is 1.99. The molecule has 4 atom stereocenters. The largest absolute Gasteiger partial charge is 0.377 e. The molecule has 0 aromatic rings. The quantitative estimate of drug-likeness (QED) is 0.842. The summed E-state index contributed by atoms with van der Waals surface area (Å²) in [5.74, 6) is 1.82. The molecular formula is C16H26N2O2S. The molecule has 0 aromatic carbocycles. The average Bonchev–Trinajstić information content (AvgIpc) is 3.22. The molecule has 2 saturated carbocycles. The molecule has 2 N–H and O–H groups in total. The van der Waals surface area contributed by atoms with Gasteiger partial charge in [-0.1, -0.05) is 12.8 Å². The Labute approximate surface area is 131 Å². The van der Waals surface area contributed by atoms with Crippen molar-refractivity contribution in [2.24, 2.45) is 11.3 Å². The van der Waals surface area contributed by atoms with E-state index in [9.17, 15) is 4.79 Å². The smallest absolute Gasteiger partial charge is 0.315 e. The SMILES string of the molecule is O=C(NCC1CCCS1)NC1C2CCOC2C12CCCC2. The standard InChI is InChI=1S/C16H26N2O2S/c19-15(17-10-11-4-3-9-21-11)18-13-12-5-8-20-14(12)16(13)6-1-2-7-16/h11-14H,1-10H2,(H2,17,18,19). The number of amides is 2. The maximum atomic E-state index is 12.3. The average molecular weight is 310 g/mol. The minimum absolute atomic E-state index is 0.0455. The fourth-order valence-corrected chi connectivity index (χ4v) is 6.31. The van der Waals surface area contributed by atoms with Crippen LogP contribution < -0.4 is 10.6 Å². The predicted molar refractivity (Wildman–Crippen MR) is 84.6 cm³/mol. The molecule has 2 aliphatic carbocycles. The first-order valence-corrected chi connectivity index (χ1v) is 9.62. The number of carbonyl (C=O) groups is 1. The van der Waals surface area contributed by atoms with Crippen LogP contribution in [0, 0.1) is 11.3 Å². The lowest BCUT2D eigenvalue weighted by Gasteiger charge is -2.56. The Bertz CT molecular complexity index is 405. The van der Waals surface area contributed by atoms with E-state index in [1.54, 1.807) is 0 Å².